The van der Waals surface area contributed by atoms with E-state index in [1.54, 1.807) is 43.6 Å². The first-order valence-corrected chi connectivity index (χ1v) is 31.2. The number of imidazole rings is 1. The summed E-state index contributed by atoms with van der Waals surface area (Å²) in [6.45, 7) is 5.20. The van der Waals surface area contributed by atoms with Gasteiger partial charge in [-0.15, -0.1) is 0 Å². The second kappa shape index (κ2) is 32.6. The molecule has 0 saturated carbocycles. The Labute approximate surface area is 536 Å². The zero-order chi connectivity index (χ0) is 66.7. The largest absolute Gasteiger partial charge is 0.508 e. The average molecular weight is 1280 g/mol. The molecule has 3 aromatic carbocycles. The third-order valence-electron chi connectivity index (χ3n) is 16.3. The minimum Gasteiger partial charge on any atom is -0.508 e. The van der Waals surface area contributed by atoms with E-state index in [1.807, 2.05) is 38.1 Å². The molecule has 0 bridgehead atoms. The van der Waals surface area contributed by atoms with Crippen LogP contribution in [0.5, 0.6) is 5.75 Å². The summed E-state index contributed by atoms with van der Waals surface area (Å²) < 4.78 is 0. The Morgan fingerprint density at radius 3 is 1.73 bits per heavy atom. The van der Waals surface area contributed by atoms with Gasteiger partial charge in [-0.2, -0.15) is 0 Å². The van der Waals surface area contributed by atoms with Gasteiger partial charge in [-0.3, -0.25) is 53.4 Å². The second-order valence-corrected chi connectivity index (χ2v) is 23.7. The number of aromatic amines is 3. The number of phenolic OH excluding ortho intramolecular Hbond substituents is 1. The Balaban J connectivity index is 1.05. The van der Waals surface area contributed by atoms with Gasteiger partial charge in [0.15, 0.2) is 5.96 Å². The Kier molecular flexibility index (Phi) is 24.1. The molecule has 0 radical (unpaired) electrons. The number of likely N-dealkylation sites (tertiary alicyclic amines) is 1. The number of carbonyl (C=O) groups is 10. The van der Waals surface area contributed by atoms with Crippen LogP contribution in [0.25, 0.3) is 21.8 Å². The number of hydrogen-bond donors (Lipinski definition) is 17. The number of rotatable bonds is 32. The first-order chi connectivity index (χ1) is 44.7. The number of aromatic nitrogens is 4. The minimum absolute atomic E-state index is 0.0625. The number of aromatic hydroxyl groups is 1. The summed E-state index contributed by atoms with van der Waals surface area (Å²) in [4.78, 5) is 156. The van der Waals surface area contributed by atoms with Crippen LogP contribution < -0.4 is 58.9 Å². The van der Waals surface area contributed by atoms with Crippen molar-refractivity contribution in [2.45, 2.75) is 146 Å². The van der Waals surface area contributed by atoms with Crippen molar-refractivity contribution in [2.75, 3.05) is 26.2 Å². The number of amides is 10. The average Bonchev–Trinajstić information content (AvgIpc) is 1.82. The lowest BCUT2D eigenvalue weighted by molar-refractivity contribution is -0.142. The maximum Gasteiger partial charge on any atom is 0.245 e. The first kappa shape index (κ1) is 68.6. The van der Waals surface area contributed by atoms with Crippen molar-refractivity contribution in [1.82, 2.24) is 78.0 Å². The molecule has 7 unspecified atom stereocenters. The lowest BCUT2D eigenvalue weighted by atomic mass is 9.99. The first-order valence-electron chi connectivity index (χ1n) is 31.2. The molecule has 5 heterocycles. The van der Waals surface area contributed by atoms with Gasteiger partial charge in [0.05, 0.1) is 18.6 Å². The number of benzene rings is 3. The van der Waals surface area contributed by atoms with Gasteiger partial charge < -0.3 is 89.0 Å². The van der Waals surface area contributed by atoms with E-state index >= 15 is 9.59 Å². The zero-order valence-electron chi connectivity index (χ0n) is 52.1. The van der Waals surface area contributed by atoms with E-state index in [2.05, 4.69) is 73.1 Å². The van der Waals surface area contributed by atoms with Gasteiger partial charge in [0, 0.05) is 92.1 Å². The van der Waals surface area contributed by atoms with Crippen molar-refractivity contribution < 1.29 is 58.2 Å². The summed E-state index contributed by atoms with van der Waals surface area (Å²) >= 11 is 0. The Morgan fingerprint density at radius 1 is 0.656 bits per heavy atom. The maximum absolute atomic E-state index is 15.1. The number of H-pyrrole nitrogens is 3. The number of carbonyl (C=O) groups excluding carboxylic acids is 10. The van der Waals surface area contributed by atoms with E-state index in [0.717, 1.165) is 0 Å². The molecular weight excluding hydrogens is 1200 g/mol. The number of aliphatic hydroxyl groups excluding tert-OH is 1. The fourth-order valence-corrected chi connectivity index (χ4v) is 11.6. The number of guanidine groups is 1. The number of likely N-dealkylation sites (N-methyl/N-ethyl adjacent to an activating group) is 1. The highest BCUT2D eigenvalue weighted by atomic mass is 16.3. The van der Waals surface area contributed by atoms with Crippen molar-refractivity contribution in [3.8, 4) is 5.75 Å². The maximum atomic E-state index is 15.1. The number of para-hydroxylation sites is 2. The lowest BCUT2D eigenvalue weighted by Crippen LogP contribution is -2.61. The standard InChI is InChI=1S/C64H83N17O12/c1-4-68-62(92)53-16-10-24-81(53)63(93)46(15-9-23-69-64(65)66)74-56(86)47(25-35(2)3)75-58(88)49(27-37-30-70-43-13-7-5-11-41(37)43)77-57(87)48(26-36-17-19-40(83)20-18-36)76-61(91)52(33-82)80-59(89)50(28-38-31-71-44-14-8-6-12-42(38)44)78-60(90)51(29-39-32-67-34-72-39)79-55(85)45-21-22-54(84)73-45/h5-8,11-14,17-20,30-32,34-35,45-53,70-71,82-83H,4,9-10,15-16,21-29,33H2,1-3H3,(H,67,72)(H,68,92)(H,73,84)(H,74,86)(H,75,88)(H,76,91)(H,77,87)(H,78,90)(H,79,85)(H,80,89)(H4,65,66,69)/t45-,46?,47?,48?,49?,50?,51?,52?,53-/m0/s1. The zero-order valence-corrected chi connectivity index (χ0v) is 52.1. The van der Waals surface area contributed by atoms with Crippen molar-refractivity contribution in [1.29, 1.82) is 5.41 Å². The highest BCUT2D eigenvalue weighted by Gasteiger charge is 2.40. The molecule has 3 aromatic heterocycles. The highest BCUT2D eigenvalue weighted by Crippen LogP contribution is 2.24. The van der Waals surface area contributed by atoms with Crippen molar-refractivity contribution in [3.63, 3.8) is 0 Å². The van der Waals surface area contributed by atoms with Gasteiger partial charge in [0.1, 0.15) is 60.1 Å². The summed E-state index contributed by atoms with van der Waals surface area (Å²) in [5, 5.41) is 57.3. The molecular formula is C64H83N17O12. The van der Waals surface area contributed by atoms with Crippen molar-refractivity contribution in [2.24, 2.45) is 11.7 Å². The van der Waals surface area contributed by atoms with Crippen LogP contribution in [0, 0.1) is 11.3 Å². The Morgan fingerprint density at radius 2 is 1.19 bits per heavy atom. The molecule has 93 heavy (non-hydrogen) atoms. The van der Waals surface area contributed by atoms with Gasteiger partial charge in [-0.25, -0.2) is 4.98 Å². The quantitative estimate of drug-likeness (QED) is 0.0143. The Bertz CT molecular complexity index is 3630. The van der Waals surface area contributed by atoms with E-state index in [1.165, 1.54) is 41.7 Å². The van der Waals surface area contributed by atoms with E-state index in [0.29, 0.717) is 63.6 Å². The normalized spacial score (nSPS) is 16.8. The van der Waals surface area contributed by atoms with E-state index < -0.39 is 108 Å². The number of nitrogens with zero attached hydrogens (tertiary/aromatic N) is 2. The van der Waals surface area contributed by atoms with Crippen molar-refractivity contribution in [3.05, 3.63) is 120 Å². The topological polar surface area (TPSA) is 445 Å². The third-order valence-corrected chi connectivity index (χ3v) is 16.3. The highest BCUT2D eigenvalue weighted by molar-refractivity contribution is 6.00. The van der Waals surface area contributed by atoms with Crippen LogP contribution in [0.3, 0.4) is 0 Å². The fraction of sp³-hybridized carbons (Fsp3) is 0.438. The third kappa shape index (κ3) is 18.9. The summed E-state index contributed by atoms with van der Waals surface area (Å²) in [6.07, 6.45) is 7.14. The Hall–Kier alpha value is -10.3. The smallest absolute Gasteiger partial charge is 0.245 e. The number of hydrogen-bond acceptors (Lipinski definition) is 14. The molecule has 10 amide bonds. The van der Waals surface area contributed by atoms with Crippen LogP contribution in [0.2, 0.25) is 0 Å². The van der Waals surface area contributed by atoms with Gasteiger partial charge >= 0.3 is 0 Å². The van der Waals surface area contributed by atoms with Gasteiger partial charge in [0.2, 0.25) is 59.1 Å². The summed E-state index contributed by atoms with van der Waals surface area (Å²) in [5.41, 5.74) is 8.92. The van der Waals surface area contributed by atoms with Crippen LogP contribution >= 0.6 is 0 Å². The van der Waals surface area contributed by atoms with Crippen LogP contribution in [0.4, 0.5) is 0 Å². The van der Waals surface area contributed by atoms with Crippen LogP contribution in [-0.2, 0) is 73.6 Å². The molecule has 9 atom stereocenters. The van der Waals surface area contributed by atoms with Gasteiger partial charge in [-0.1, -0.05) is 62.4 Å². The number of nitrogens with two attached hydrogens (primary N) is 1. The SMILES string of the molecule is CCNC(=O)[C@@H]1CCCN1C(=O)C(CCCNC(=N)N)NC(=O)C(CC(C)C)NC(=O)C(Cc1c[nH]c2ccccc12)NC(=O)C(Cc1ccc(O)cc1)NC(=O)C(CO)NC(=O)C(Cc1c[nH]c2ccccc12)NC(=O)C(Cc1c[nH]cn1)NC(=O)[C@@H]1CCC(=O)N1. The number of phenols is 1. The molecule has 496 valence electrons. The molecule has 29 heteroatoms. The van der Waals surface area contributed by atoms with E-state index in [4.69, 9.17) is 11.1 Å². The fourth-order valence-electron chi connectivity index (χ4n) is 11.6. The summed E-state index contributed by atoms with van der Waals surface area (Å²) in [7, 11) is 0. The number of fused-ring (bicyclic) bond motifs is 2. The molecule has 0 spiro atoms. The van der Waals surface area contributed by atoms with Crippen LogP contribution in [0.15, 0.2) is 97.7 Å². The molecule has 2 aliphatic rings. The molecule has 2 saturated heterocycles. The van der Waals surface area contributed by atoms with Crippen LogP contribution in [-0.4, -0.2) is 181 Å². The monoisotopic (exact) mass is 1280 g/mol. The molecule has 6 aromatic rings. The molecule has 18 N–H and O–H groups in total. The molecule has 0 aliphatic carbocycles. The molecule has 29 nitrogen and oxygen atoms in total. The molecule has 8 rings (SSSR count). The molecule has 2 aliphatic heterocycles. The summed E-state index contributed by atoms with van der Waals surface area (Å²) in [5.74, 6) is -7.74. The van der Waals surface area contributed by atoms with E-state index in [9.17, 15) is 48.6 Å². The van der Waals surface area contributed by atoms with Gasteiger partial charge in [-0.05, 0) is 92.3 Å². The predicted octanol–water partition coefficient (Wildman–Crippen LogP) is -0.551. The second-order valence-electron chi connectivity index (χ2n) is 23.7. The van der Waals surface area contributed by atoms with Crippen molar-refractivity contribution >= 4 is 86.8 Å². The lowest BCUT2D eigenvalue weighted by Gasteiger charge is -2.30. The number of aliphatic hydroxyl groups is 1. The van der Waals surface area contributed by atoms with Crippen LogP contribution in [0.1, 0.15) is 88.1 Å². The molecule has 2 fully saturated rings. The van der Waals surface area contributed by atoms with Gasteiger partial charge in [0.25, 0.3) is 0 Å². The van der Waals surface area contributed by atoms with E-state index in [-0.39, 0.29) is 100 Å². The summed E-state index contributed by atoms with van der Waals surface area (Å²) in [6, 6.07) is 8.38. The predicted molar refractivity (Wildman–Crippen MR) is 342 cm³/mol. The minimum atomic E-state index is -1.79. The number of nitrogens with one attached hydrogen (secondary N) is 14.